The summed E-state index contributed by atoms with van der Waals surface area (Å²) in [6, 6.07) is 16.5. The highest BCUT2D eigenvalue weighted by atomic mass is 79.9. The van der Waals surface area contributed by atoms with Gasteiger partial charge in [0.25, 0.3) is 0 Å². The van der Waals surface area contributed by atoms with Gasteiger partial charge in [-0.2, -0.15) is 0 Å². The van der Waals surface area contributed by atoms with E-state index in [-0.39, 0.29) is 5.91 Å². The van der Waals surface area contributed by atoms with Crippen LogP contribution in [0.2, 0.25) is 0 Å². The van der Waals surface area contributed by atoms with Gasteiger partial charge in [0.1, 0.15) is 11.3 Å². The van der Waals surface area contributed by atoms with E-state index in [1.54, 1.807) is 0 Å². The smallest absolute Gasteiger partial charge is 0.220 e. The minimum Gasteiger partial charge on any atom is -0.460 e. The Labute approximate surface area is 161 Å². The first-order valence-electron chi connectivity index (χ1n) is 9.19. The molecule has 1 saturated carbocycles. The Hall–Kier alpha value is -2.07. The largest absolute Gasteiger partial charge is 0.460 e. The number of halogens is 1. The van der Waals surface area contributed by atoms with Crippen LogP contribution >= 0.6 is 15.9 Å². The zero-order valence-electron chi connectivity index (χ0n) is 14.6. The molecule has 0 aliphatic heterocycles. The van der Waals surface area contributed by atoms with Crippen molar-refractivity contribution in [3.05, 3.63) is 69.9 Å². The van der Waals surface area contributed by atoms with Gasteiger partial charge >= 0.3 is 0 Å². The molecule has 0 radical (unpaired) electrons. The average molecular weight is 412 g/mol. The van der Waals surface area contributed by atoms with Crippen LogP contribution < -0.4 is 5.32 Å². The molecule has 1 aromatic heterocycles. The summed E-state index contributed by atoms with van der Waals surface area (Å²) in [4.78, 5) is 12.0. The Morgan fingerprint density at radius 1 is 1.15 bits per heavy atom. The van der Waals surface area contributed by atoms with Crippen LogP contribution in [0.15, 0.2) is 57.4 Å². The molecule has 3 aromatic rings. The quantitative estimate of drug-likeness (QED) is 0.576. The summed E-state index contributed by atoms with van der Waals surface area (Å²) in [5.74, 6) is 1.78. The summed E-state index contributed by atoms with van der Waals surface area (Å²) in [5, 5.41) is 4.20. The van der Waals surface area contributed by atoms with Crippen molar-refractivity contribution in [3.63, 3.8) is 0 Å². The van der Waals surface area contributed by atoms with Crippen LogP contribution in [0.25, 0.3) is 11.0 Å². The normalized spacial score (nSPS) is 13.9. The van der Waals surface area contributed by atoms with Crippen molar-refractivity contribution in [1.82, 2.24) is 5.32 Å². The molecule has 1 N–H and O–H groups in total. The fourth-order valence-corrected chi connectivity index (χ4v) is 3.71. The maximum Gasteiger partial charge on any atom is 0.220 e. The predicted molar refractivity (Wildman–Crippen MR) is 107 cm³/mol. The Bertz CT molecular complexity index is 913. The number of carbonyl (C=O) groups is 1. The van der Waals surface area contributed by atoms with Crippen molar-refractivity contribution < 1.29 is 9.21 Å². The molecule has 1 aliphatic rings. The Morgan fingerprint density at radius 3 is 2.73 bits per heavy atom. The lowest BCUT2D eigenvalue weighted by Gasteiger charge is -2.06. The summed E-state index contributed by atoms with van der Waals surface area (Å²) >= 11 is 3.56. The summed E-state index contributed by atoms with van der Waals surface area (Å²) in [7, 11) is 0. The van der Waals surface area contributed by atoms with Gasteiger partial charge in [0.15, 0.2) is 0 Å². The molecular formula is C22H22BrNO2. The summed E-state index contributed by atoms with van der Waals surface area (Å²) < 4.78 is 7.19. The minimum atomic E-state index is 0.172. The van der Waals surface area contributed by atoms with Gasteiger partial charge < -0.3 is 9.73 Å². The molecule has 0 unspecified atom stereocenters. The summed E-state index contributed by atoms with van der Waals surface area (Å²) in [6.07, 6.45) is 4.62. The molecule has 0 saturated heterocycles. The Morgan fingerprint density at radius 2 is 1.96 bits per heavy atom. The van der Waals surface area contributed by atoms with E-state index in [0.717, 1.165) is 34.0 Å². The third kappa shape index (κ3) is 4.18. The lowest BCUT2D eigenvalue weighted by Crippen LogP contribution is -2.25. The highest BCUT2D eigenvalue weighted by Gasteiger charge is 2.24. The number of amides is 1. The van der Waals surface area contributed by atoms with Crippen LogP contribution in [-0.4, -0.2) is 12.5 Å². The maximum absolute atomic E-state index is 12.0. The van der Waals surface area contributed by atoms with Crippen molar-refractivity contribution in [2.45, 2.75) is 32.1 Å². The number of furan rings is 1. The molecule has 3 nitrogen and oxygen atoms in total. The predicted octanol–water partition coefficient (Wildman–Crippen LogP) is 5.24. The highest BCUT2D eigenvalue weighted by Crippen LogP contribution is 2.32. The number of carbonyl (C=O) groups excluding carboxylic acids is 1. The molecule has 4 rings (SSSR count). The second-order valence-corrected chi connectivity index (χ2v) is 7.97. The van der Waals surface area contributed by atoms with Crippen molar-refractivity contribution in [1.29, 1.82) is 0 Å². The first-order chi connectivity index (χ1) is 12.7. The average Bonchev–Trinajstić information content (AvgIpc) is 3.38. The topological polar surface area (TPSA) is 42.2 Å². The van der Waals surface area contributed by atoms with E-state index in [0.29, 0.717) is 18.9 Å². The third-order valence-corrected chi connectivity index (χ3v) is 5.41. The molecule has 2 aromatic carbocycles. The second-order valence-electron chi connectivity index (χ2n) is 7.05. The van der Waals surface area contributed by atoms with E-state index in [2.05, 4.69) is 39.4 Å². The Kier molecular flexibility index (Phi) is 5.11. The van der Waals surface area contributed by atoms with Crippen LogP contribution in [0.1, 0.15) is 36.1 Å². The van der Waals surface area contributed by atoms with Gasteiger partial charge in [0.2, 0.25) is 5.91 Å². The van der Waals surface area contributed by atoms with Crippen LogP contribution in [-0.2, 0) is 17.6 Å². The molecule has 134 valence electrons. The van der Waals surface area contributed by atoms with E-state index in [1.807, 2.05) is 30.3 Å². The molecule has 0 spiro atoms. The van der Waals surface area contributed by atoms with Gasteiger partial charge in [-0.05, 0) is 48.9 Å². The molecule has 1 amide bonds. The molecular weight excluding hydrogens is 390 g/mol. The van der Waals surface area contributed by atoms with Crippen molar-refractivity contribution in [3.8, 4) is 0 Å². The van der Waals surface area contributed by atoms with Gasteiger partial charge in [-0.3, -0.25) is 4.79 Å². The molecule has 1 aliphatic carbocycles. The number of hydrogen-bond donors (Lipinski definition) is 1. The van der Waals surface area contributed by atoms with Crippen LogP contribution in [0.5, 0.6) is 0 Å². The lowest BCUT2D eigenvalue weighted by molar-refractivity contribution is -0.121. The number of nitrogens with one attached hydrogen (secondary N) is 1. The van der Waals surface area contributed by atoms with Gasteiger partial charge in [0.05, 0.1) is 0 Å². The fraction of sp³-hybridized carbons (Fsp3) is 0.318. The van der Waals surface area contributed by atoms with E-state index >= 15 is 0 Å². The number of hydrogen-bond acceptors (Lipinski definition) is 2. The van der Waals surface area contributed by atoms with E-state index in [4.69, 9.17) is 4.42 Å². The van der Waals surface area contributed by atoms with E-state index in [9.17, 15) is 4.79 Å². The molecule has 26 heavy (non-hydrogen) atoms. The van der Waals surface area contributed by atoms with Gasteiger partial charge in [-0.1, -0.05) is 46.3 Å². The monoisotopic (exact) mass is 411 g/mol. The first-order valence-corrected chi connectivity index (χ1v) is 9.99. The van der Waals surface area contributed by atoms with Gasteiger partial charge in [0, 0.05) is 34.8 Å². The molecule has 1 heterocycles. The second kappa shape index (κ2) is 7.67. The van der Waals surface area contributed by atoms with Gasteiger partial charge in [-0.25, -0.2) is 0 Å². The fourth-order valence-electron chi connectivity index (χ4n) is 3.35. The van der Waals surface area contributed by atoms with Crippen molar-refractivity contribution >= 4 is 32.8 Å². The Balaban J connectivity index is 1.54. The highest BCUT2D eigenvalue weighted by molar-refractivity contribution is 9.10. The summed E-state index contributed by atoms with van der Waals surface area (Å²) in [5.41, 5.74) is 3.32. The van der Waals surface area contributed by atoms with E-state index in [1.165, 1.54) is 24.0 Å². The van der Waals surface area contributed by atoms with Crippen LogP contribution in [0.3, 0.4) is 0 Å². The number of rotatable bonds is 7. The zero-order chi connectivity index (χ0) is 17.9. The molecule has 0 atom stereocenters. The van der Waals surface area contributed by atoms with E-state index < -0.39 is 0 Å². The standard InChI is InChI=1S/C22H22BrNO2/c23-17-8-9-20-19(14-17)18(10-11-24-22(25)13-16-6-7-16)21(26-20)12-15-4-2-1-3-5-15/h1-5,8-9,14,16H,6-7,10-13H2,(H,24,25). The van der Waals surface area contributed by atoms with Gasteiger partial charge in [-0.15, -0.1) is 0 Å². The summed E-state index contributed by atoms with van der Waals surface area (Å²) in [6.45, 7) is 0.647. The van der Waals surface area contributed by atoms with Crippen LogP contribution in [0, 0.1) is 5.92 Å². The molecule has 1 fully saturated rings. The maximum atomic E-state index is 12.0. The molecule has 0 bridgehead atoms. The van der Waals surface area contributed by atoms with Crippen molar-refractivity contribution in [2.75, 3.05) is 6.54 Å². The third-order valence-electron chi connectivity index (χ3n) is 4.91. The molecule has 4 heteroatoms. The SMILES string of the molecule is O=C(CC1CC1)NCCc1c(Cc2ccccc2)oc2ccc(Br)cc12. The number of benzene rings is 2. The first kappa shape index (κ1) is 17.3. The van der Waals surface area contributed by atoms with Crippen molar-refractivity contribution in [2.24, 2.45) is 5.92 Å². The lowest BCUT2D eigenvalue weighted by atomic mass is 10.0. The number of fused-ring (bicyclic) bond motifs is 1. The van der Waals surface area contributed by atoms with Crippen LogP contribution in [0.4, 0.5) is 0 Å². The minimum absolute atomic E-state index is 0.172. The zero-order valence-corrected chi connectivity index (χ0v) is 16.2.